The van der Waals surface area contributed by atoms with Crippen molar-refractivity contribution in [3.05, 3.63) is 96.1 Å². The first-order chi connectivity index (χ1) is 17.3. The van der Waals surface area contributed by atoms with Crippen LogP contribution >= 0.6 is 0 Å². The first-order valence-electron chi connectivity index (χ1n) is 14.1. The fourth-order valence-corrected chi connectivity index (χ4v) is 5.43. The molecule has 1 nitrogen and oxygen atoms in total. The molecule has 0 amide bonds. The predicted octanol–water partition coefficient (Wildman–Crippen LogP) is 11.1. The summed E-state index contributed by atoms with van der Waals surface area (Å²) in [5.41, 5.74) is 7.99. The van der Waals surface area contributed by atoms with Crippen LogP contribution in [0.3, 0.4) is 0 Å². The molecule has 0 aliphatic heterocycles. The van der Waals surface area contributed by atoms with Crippen molar-refractivity contribution >= 4 is 23.1 Å². The van der Waals surface area contributed by atoms with Crippen LogP contribution in [0.1, 0.15) is 103 Å². The molecule has 0 fully saturated rings. The third kappa shape index (κ3) is 6.12. The van der Waals surface area contributed by atoms with E-state index in [0.717, 1.165) is 24.1 Å². The van der Waals surface area contributed by atoms with Gasteiger partial charge in [0.25, 0.3) is 0 Å². The first kappa shape index (κ1) is 27.8. The number of unbranched alkanes of at least 4 members (excludes halogenated alkanes) is 1. The summed E-state index contributed by atoms with van der Waals surface area (Å²) in [6.45, 7) is 18.0. The number of hydrogen-bond donors (Lipinski definition) is 0. The number of rotatable bonds is 13. The van der Waals surface area contributed by atoms with Crippen LogP contribution in [0.15, 0.2) is 79.4 Å². The third-order valence-corrected chi connectivity index (χ3v) is 8.45. The van der Waals surface area contributed by atoms with Gasteiger partial charge in [-0.3, -0.25) is 0 Å². The summed E-state index contributed by atoms with van der Waals surface area (Å²) in [6.07, 6.45) is 10.4. The SMILES string of the molecule is C=Cc1cccc(N(c2ccc(C(C)(CC)CCC)cc2)c2ccc(C(C)(CC)CCCC)cc2)c1. The molecule has 0 aromatic heterocycles. The summed E-state index contributed by atoms with van der Waals surface area (Å²) in [6, 6.07) is 27.2. The molecular formula is C35H47N. The lowest BCUT2D eigenvalue weighted by Gasteiger charge is -2.32. The number of hydrogen-bond acceptors (Lipinski definition) is 1. The van der Waals surface area contributed by atoms with Crippen molar-refractivity contribution in [3.8, 4) is 0 Å². The average molecular weight is 482 g/mol. The fourth-order valence-electron chi connectivity index (χ4n) is 5.43. The van der Waals surface area contributed by atoms with E-state index in [4.69, 9.17) is 0 Å². The Labute approximate surface area is 221 Å². The Balaban J connectivity index is 2.05. The second-order valence-electron chi connectivity index (χ2n) is 10.9. The van der Waals surface area contributed by atoms with Crippen LogP contribution in [0.5, 0.6) is 0 Å². The Bertz CT molecular complexity index is 1090. The van der Waals surface area contributed by atoms with Gasteiger partial charge in [0.05, 0.1) is 0 Å². The lowest BCUT2D eigenvalue weighted by atomic mass is 9.76. The topological polar surface area (TPSA) is 3.24 Å². The quantitative estimate of drug-likeness (QED) is 0.234. The van der Waals surface area contributed by atoms with Crippen molar-refractivity contribution in [1.82, 2.24) is 0 Å². The van der Waals surface area contributed by atoms with Crippen LogP contribution in [0.2, 0.25) is 0 Å². The molecule has 36 heavy (non-hydrogen) atoms. The summed E-state index contributed by atoms with van der Waals surface area (Å²) in [5.74, 6) is 0. The van der Waals surface area contributed by atoms with Crippen molar-refractivity contribution in [1.29, 1.82) is 0 Å². The van der Waals surface area contributed by atoms with Crippen LogP contribution in [0, 0.1) is 0 Å². The van der Waals surface area contributed by atoms with Gasteiger partial charge < -0.3 is 4.90 Å². The summed E-state index contributed by atoms with van der Waals surface area (Å²) in [7, 11) is 0. The number of benzene rings is 3. The smallest absolute Gasteiger partial charge is 0.0467 e. The zero-order chi connectivity index (χ0) is 26.2. The zero-order valence-electron chi connectivity index (χ0n) is 23.6. The maximum absolute atomic E-state index is 4.00. The molecule has 0 radical (unpaired) electrons. The summed E-state index contributed by atoms with van der Waals surface area (Å²) in [4.78, 5) is 2.37. The molecule has 0 heterocycles. The van der Waals surface area contributed by atoms with Crippen molar-refractivity contribution in [3.63, 3.8) is 0 Å². The minimum Gasteiger partial charge on any atom is -0.310 e. The van der Waals surface area contributed by atoms with Gasteiger partial charge in [-0.15, -0.1) is 0 Å². The lowest BCUT2D eigenvalue weighted by molar-refractivity contribution is 0.403. The number of anilines is 3. The van der Waals surface area contributed by atoms with E-state index in [1.54, 1.807) is 0 Å². The van der Waals surface area contributed by atoms with E-state index in [0.29, 0.717) is 0 Å². The van der Waals surface area contributed by atoms with E-state index < -0.39 is 0 Å². The van der Waals surface area contributed by atoms with Gasteiger partial charge in [0.2, 0.25) is 0 Å². The molecule has 0 saturated heterocycles. The molecule has 2 unspecified atom stereocenters. The molecule has 2 atom stereocenters. The second kappa shape index (κ2) is 12.4. The Kier molecular flexibility index (Phi) is 9.60. The van der Waals surface area contributed by atoms with Gasteiger partial charge in [0.1, 0.15) is 0 Å². The lowest BCUT2D eigenvalue weighted by Crippen LogP contribution is -2.21. The minimum atomic E-state index is 0.228. The molecule has 0 spiro atoms. The van der Waals surface area contributed by atoms with E-state index in [9.17, 15) is 0 Å². The molecule has 3 aromatic rings. The Morgan fingerprint density at radius 1 is 0.667 bits per heavy atom. The van der Waals surface area contributed by atoms with Crippen LogP contribution in [0.4, 0.5) is 17.1 Å². The fraction of sp³-hybridized carbons (Fsp3) is 0.429. The Hall–Kier alpha value is -2.80. The van der Waals surface area contributed by atoms with Crippen molar-refractivity contribution < 1.29 is 0 Å². The molecule has 0 N–H and O–H groups in total. The van der Waals surface area contributed by atoms with E-state index in [1.807, 2.05) is 6.08 Å². The highest BCUT2D eigenvalue weighted by molar-refractivity contribution is 5.78. The van der Waals surface area contributed by atoms with Crippen LogP contribution in [-0.4, -0.2) is 0 Å². The maximum Gasteiger partial charge on any atom is 0.0467 e. The predicted molar refractivity (Wildman–Crippen MR) is 161 cm³/mol. The first-order valence-corrected chi connectivity index (χ1v) is 14.1. The van der Waals surface area contributed by atoms with E-state index in [2.05, 4.69) is 126 Å². The monoisotopic (exact) mass is 481 g/mol. The van der Waals surface area contributed by atoms with Crippen LogP contribution in [-0.2, 0) is 10.8 Å². The molecule has 1 heteroatoms. The van der Waals surface area contributed by atoms with Crippen LogP contribution in [0.25, 0.3) is 6.08 Å². The van der Waals surface area contributed by atoms with Crippen molar-refractivity contribution in [2.45, 2.75) is 97.3 Å². The molecule has 192 valence electrons. The number of nitrogens with zero attached hydrogens (tertiary/aromatic N) is 1. The largest absolute Gasteiger partial charge is 0.310 e. The third-order valence-electron chi connectivity index (χ3n) is 8.45. The highest BCUT2D eigenvalue weighted by Gasteiger charge is 2.25. The van der Waals surface area contributed by atoms with Gasteiger partial charge in [-0.1, -0.05) is 110 Å². The van der Waals surface area contributed by atoms with Gasteiger partial charge in [0, 0.05) is 17.1 Å². The molecule has 0 aliphatic rings. The van der Waals surface area contributed by atoms with Gasteiger partial charge in [-0.05, 0) is 89.6 Å². The normalized spacial score (nSPS) is 14.6. The highest BCUT2D eigenvalue weighted by atomic mass is 15.1. The molecular weight excluding hydrogens is 434 g/mol. The highest BCUT2D eigenvalue weighted by Crippen LogP contribution is 2.40. The molecule has 0 bridgehead atoms. The second-order valence-corrected chi connectivity index (χ2v) is 10.9. The van der Waals surface area contributed by atoms with E-state index >= 15 is 0 Å². The van der Waals surface area contributed by atoms with Crippen molar-refractivity contribution in [2.75, 3.05) is 4.90 Å². The zero-order valence-corrected chi connectivity index (χ0v) is 23.6. The van der Waals surface area contributed by atoms with Crippen LogP contribution < -0.4 is 4.90 Å². The van der Waals surface area contributed by atoms with E-state index in [1.165, 1.54) is 54.6 Å². The van der Waals surface area contributed by atoms with Gasteiger partial charge in [-0.2, -0.15) is 0 Å². The van der Waals surface area contributed by atoms with Gasteiger partial charge in [-0.25, -0.2) is 0 Å². The average Bonchev–Trinajstić information content (AvgIpc) is 2.92. The van der Waals surface area contributed by atoms with Gasteiger partial charge >= 0.3 is 0 Å². The maximum atomic E-state index is 4.00. The summed E-state index contributed by atoms with van der Waals surface area (Å²) >= 11 is 0. The standard InChI is InChI=1S/C35H47N/c1-8-13-26-35(7,12-5)30-19-23-32(24-20-30)36(33-16-14-15-28(10-3)27-33)31-21-17-29(18-22-31)34(6,11-4)25-9-2/h10,14-24,27H,3,8-9,11-13,25-26H2,1-2,4-7H3. The summed E-state index contributed by atoms with van der Waals surface area (Å²) < 4.78 is 0. The van der Waals surface area contributed by atoms with Gasteiger partial charge in [0.15, 0.2) is 0 Å². The molecule has 0 saturated carbocycles. The summed E-state index contributed by atoms with van der Waals surface area (Å²) in [5, 5.41) is 0. The Morgan fingerprint density at radius 3 is 1.64 bits per heavy atom. The molecule has 3 rings (SSSR count). The molecule has 3 aromatic carbocycles. The Morgan fingerprint density at radius 2 is 1.19 bits per heavy atom. The molecule has 0 aliphatic carbocycles. The minimum absolute atomic E-state index is 0.228. The van der Waals surface area contributed by atoms with Crippen molar-refractivity contribution in [2.24, 2.45) is 0 Å². The van der Waals surface area contributed by atoms with E-state index in [-0.39, 0.29) is 10.8 Å².